The van der Waals surface area contributed by atoms with Gasteiger partial charge < -0.3 is 20.6 Å². The minimum atomic E-state index is -5.31. The number of hydrogen-bond donors (Lipinski definition) is 4. The second-order valence-electron chi connectivity index (χ2n) is 6.60. The molecule has 0 spiro atoms. The third kappa shape index (κ3) is 10.4. The van der Waals surface area contributed by atoms with Crippen molar-refractivity contribution in [1.82, 2.24) is 0 Å². The molecule has 150 valence electrons. The van der Waals surface area contributed by atoms with Gasteiger partial charge in [-0.05, 0) is 36.8 Å². The van der Waals surface area contributed by atoms with E-state index in [1.165, 1.54) is 32.1 Å². The SMILES string of the molecule is [2H]C([2H])(O)C(N)(CCc1ccc(CCCCCCCC)cc1)C([2H])([2H])OP(=O)(O)O. The van der Waals surface area contributed by atoms with Crippen LogP contribution in [-0.2, 0) is 21.9 Å². The molecule has 6 nitrogen and oxygen atoms in total. The van der Waals surface area contributed by atoms with Gasteiger partial charge in [-0.3, -0.25) is 4.52 Å². The minimum Gasteiger partial charge on any atom is -0.394 e. The number of aryl methyl sites for hydroxylation is 2. The Bertz CT molecular complexity index is 693. The molecular weight excluding hydrogens is 353 g/mol. The van der Waals surface area contributed by atoms with E-state index in [1.54, 1.807) is 0 Å². The lowest BCUT2D eigenvalue weighted by Crippen LogP contribution is -2.48. The van der Waals surface area contributed by atoms with Crippen LogP contribution in [0.3, 0.4) is 0 Å². The maximum atomic E-state index is 11.1. The second-order valence-corrected chi connectivity index (χ2v) is 7.77. The second kappa shape index (κ2) is 11.9. The lowest BCUT2D eigenvalue weighted by Gasteiger charge is -2.27. The summed E-state index contributed by atoms with van der Waals surface area (Å²) in [5.74, 6) is 0. The van der Waals surface area contributed by atoms with Crippen molar-refractivity contribution in [2.45, 2.75) is 70.3 Å². The Kier molecular flexibility index (Phi) is 7.91. The van der Waals surface area contributed by atoms with Gasteiger partial charge >= 0.3 is 7.82 Å². The summed E-state index contributed by atoms with van der Waals surface area (Å²) in [5, 5.41) is 9.80. The molecule has 0 aromatic heterocycles. The molecule has 0 aliphatic carbocycles. The Balaban J connectivity index is 2.73. The van der Waals surface area contributed by atoms with E-state index in [-0.39, 0.29) is 6.42 Å². The first-order chi connectivity index (χ1) is 13.7. The topological polar surface area (TPSA) is 113 Å². The molecule has 1 aromatic carbocycles. The summed E-state index contributed by atoms with van der Waals surface area (Å²) in [6.07, 6.45) is 7.83. The summed E-state index contributed by atoms with van der Waals surface area (Å²) < 4.78 is 45.7. The maximum absolute atomic E-state index is 11.1. The Morgan fingerprint density at radius 1 is 1.08 bits per heavy atom. The molecule has 0 fully saturated rings. The fourth-order valence-electron chi connectivity index (χ4n) is 2.59. The molecule has 0 aliphatic rings. The smallest absolute Gasteiger partial charge is 0.394 e. The van der Waals surface area contributed by atoms with Crippen LogP contribution in [0.4, 0.5) is 0 Å². The Labute approximate surface area is 162 Å². The number of hydrogen-bond acceptors (Lipinski definition) is 4. The van der Waals surface area contributed by atoms with Crippen molar-refractivity contribution in [2.24, 2.45) is 5.73 Å². The van der Waals surface area contributed by atoms with Crippen molar-refractivity contribution in [3.8, 4) is 0 Å². The molecule has 0 saturated carbocycles. The normalized spacial score (nSPS) is 17.7. The quantitative estimate of drug-likeness (QED) is 0.286. The number of nitrogens with two attached hydrogens (primary N) is 1. The summed E-state index contributed by atoms with van der Waals surface area (Å²) in [5.41, 5.74) is 4.96. The number of unbranched alkanes of at least 4 members (excludes halogenated alkanes) is 5. The first-order valence-corrected chi connectivity index (χ1v) is 10.6. The van der Waals surface area contributed by atoms with Crippen molar-refractivity contribution in [3.63, 3.8) is 0 Å². The van der Waals surface area contributed by atoms with Crippen LogP contribution >= 0.6 is 7.82 Å². The van der Waals surface area contributed by atoms with Crippen LogP contribution in [0.5, 0.6) is 0 Å². The average Bonchev–Trinajstić information content (AvgIpc) is 2.60. The van der Waals surface area contributed by atoms with E-state index in [9.17, 15) is 9.67 Å². The zero-order valence-corrected chi connectivity index (χ0v) is 16.3. The van der Waals surface area contributed by atoms with E-state index < -0.39 is 32.9 Å². The molecule has 5 N–H and O–H groups in total. The molecule has 1 unspecified atom stereocenters. The van der Waals surface area contributed by atoms with Crippen molar-refractivity contribution in [3.05, 3.63) is 35.4 Å². The third-order valence-electron chi connectivity index (χ3n) is 4.20. The van der Waals surface area contributed by atoms with E-state index >= 15 is 0 Å². The summed E-state index contributed by atoms with van der Waals surface area (Å²) in [4.78, 5) is 17.8. The maximum Gasteiger partial charge on any atom is 0.469 e. The van der Waals surface area contributed by atoms with Crippen LogP contribution in [0.1, 0.15) is 68.5 Å². The highest BCUT2D eigenvalue weighted by molar-refractivity contribution is 7.46. The average molecular weight is 391 g/mol. The molecule has 1 aromatic rings. The lowest BCUT2D eigenvalue weighted by atomic mass is 9.93. The van der Waals surface area contributed by atoms with Gasteiger partial charge in [-0.15, -0.1) is 0 Å². The van der Waals surface area contributed by atoms with Crippen LogP contribution in [0.2, 0.25) is 0 Å². The van der Waals surface area contributed by atoms with E-state index in [4.69, 9.17) is 21.0 Å². The van der Waals surface area contributed by atoms with E-state index in [0.29, 0.717) is 0 Å². The van der Waals surface area contributed by atoms with Crippen LogP contribution < -0.4 is 5.73 Å². The van der Waals surface area contributed by atoms with Gasteiger partial charge in [0, 0.05) is 0 Å². The molecule has 0 bridgehead atoms. The molecule has 0 radical (unpaired) electrons. The van der Waals surface area contributed by atoms with Crippen molar-refractivity contribution in [1.29, 1.82) is 0 Å². The van der Waals surface area contributed by atoms with Crippen LogP contribution in [0.15, 0.2) is 24.3 Å². The summed E-state index contributed by atoms with van der Waals surface area (Å²) >= 11 is 0. The molecular formula is C19H34NO5P. The van der Waals surface area contributed by atoms with Gasteiger partial charge in [-0.25, -0.2) is 4.57 Å². The van der Waals surface area contributed by atoms with Gasteiger partial charge in [0.2, 0.25) is 0 Å². The van der Waals surface area contributed by atoms with E-state index in [2.05, 4.69) is 11.4 Å². The van der Waals surface area contributed by atoms with Gasteiger partial charge in [0.15, 0.2) is 0 Å². The molecule has 1 atom stereocenters. The van der Waals surface area contributed by atoms with E-state index in [1.807, 2.05) is 24.3 Å². The number of phosphoric acid groups is 1. The molecule has 0 heterocycles. The molecule has 0 saturated heterocycles. The Morgan fingerprint density at radius 2 is 1.62 bits per heavy atom. The highest BCUT2D eigenvalue weighted by Gasteiger charge is 2.28. The van der Waals surface area contributed by atoms with Gasteiger partial charge in [-0.1, -0.05) is 63.3 Å². The number of benzene rings is 1. The monoisotopic (exact) mass is 391 g/mol. The zero-order valence-electron chi connectivity index (χ0n) is 19.4. The van der Waals surface area contributed by atoms with Gasteiger partial charge in [0.05, 0.1) is 24.1 Å². The van der Waals surface area contributed by atoms with Gasteiger partial charge in [0.25, 0.3) is 0 Å². The first-order valence-electron chi connectivity index (χ1n) is 11.1. The number of rotatable bonds is 14. The lowest BCUT2D eigenvalue weighted by molar-refractivity contribution is 0.102. The number of phosphoric ester groups is 1. The standard InChI is InChI=1S/C19H34NO5P/c1-2-3-4-5-6-7-8-17-9-11-18(12-10-17)13-14-19(20,15-21)16-25-26(22,23)24/h9-12,21H,2-8,13-16,20H2,1H3,(H2,22,23,24)/i15D2,16D2. The third-order valence-corrected chi connectivity index (χ3v) is 4.53. The minimum absolute atomic E-state index is 0.0812. The predicted molar refractivity (Wildman–Crippen MR) is 104 cm³/mol. The Hall–Kier alpha value is -0.750. The summed E-state index contributed by atoms with van der Waals surface area (Å²) in [6, 6.07) is 7.51. The fraction of sp³-hybridized carbons (Fsp3) is 0.684. The molecule has 26 heavy (non-hydrogen) atoms. The highest BCUT2D eigenvalue weighted by atomic mass is 31.2. The fourth-order valence-corrected chi connectivity index (χ4v) is 2.88. The summed E-state index contributed by atoms with van der Waals surface area (Å²) in [7, 11) is -5.31. The molecule has 7 heteroatoms. The van der Waals surface area contributed by atoms with Crippen molar-refractivity contribution in [2.75, 3.05) is 13.1 Å². The van der Waals surface area contributed by atoms with Gasteiger partial charge in [-0.2, -0.15) is 0 Å². The van der Waals surface area contributed by atoms with Crippen molar-refractivity contribution >= 4 is 7.82 Å². The molecule has 0 amide bonds. The van der Waals surface area contributed by atoms with Crippen LogP contribution in [0, 0.1) is 0 Å². The largest absolute Gasteiger partial charge is 0.469 e. The molecule has 0 aliphatic heterocycles. The van der Waals surface area contributed by atoms with Crippen LogP contribution in [-0.4, -0.2) is 33.6 Å². The zero-order chi connectivity index (χ0) is 23.1. The predicted octanol–water partition coefficient (Wildman–Crippen LogP) is 3.32. The highest BCUT2D eigenvalue weighted by Crippen LogP contribution is 2.36. The first kappa shape index (κ1) is 17.4. The Morgan fingerprint density at radius 3 is 2.15 bits per heavy atom. The summed E-state index contributed by atoms with van der Waals surface area (Å²) in [6.45, 7) is -4.42. The van der Waals surface area contributed by atoms with Gasteiger partial charge in [0.1, 0.15) is 0 Å². The van der Waals surface area contributed by atoms with E-state index in [0.717, 1.165) is 24.0 Å². The molecule has 1 rings (SSSR count). The number of aliphatic hydroxyl groups is 1. The van der Waals surface area contributed by atoms with Crippen molar-refractivity contribution < 1.29 is 29.5 Å². The van der Waals surface area contributed by atoms with Crippen LogP contribution in [0.25, 0.3) is 0 Å².